The molecular formula is C22H23N3O3. The third-order valence-corrected chi connectivity index (χ3v) is 5.61. The van der Waals surface area contributed by atoms with Crippen LogP contribution in [-0.2, 0) is 17.8 Å². The summed E-state index contributed by atoms with van der Waals surface area (Å²) in [6, 6.07) is 12.3. The first-order valence-corrected chi connectivity index (χ1v) is 9.83. The number of carbonyl (C=O) groups excluding carboxylic acids is 1. The number of hydrogen-bond acceptors (Lipinski definition) is 4. The highest BCUT2D eigenvalue weighted by Gasteiger charge is 2.23. The molecule has 0 saturated heterocycles. The summed E-state index contributed by atoms with van der Waals surface area (Å²) in [5, 5.41) is 3.22. The molecule has 1 aliphatic heterocycles. The van der Waals surface area contributed by atoms with Crippen molar-refractivity contribution in [3.63, 3.8) is 0 Å². The highest BCUT2D eigenvalue weighted by Crippen LogP contribution is 2.35. The van der Waals surface area contributed by atoms with Gasteiger partial charge in [-0.3, -0.25) is 4.79 Å². The Morgan fingerprint density at radius 3 is 2.86 bits per heavy atom. The second kappa shape index (κ2) is 6.86. The van der Waals surface area contributed by atoms with Gasteiger partial charge in [-0.25, -0.2) is 4.98 Å². The molecule has 144 valence electrons. The highest BCUT2D eigenvalue weighted by molar-refractivity contribution is 5.84. The number of nitrogens with one attached hydrogen (secondary N) is 1. The molecule has 0 bridgehead atoms. The number of hydrogen-bond donors (Lipinski definition) is 1. The highest BCUT2D eigenvalue weighted by atomic mass is 16.6. The molecule has 0 saturated carbocycles. The Hall–Kier alpha value is -3.02. The molecule has 0 fully saturated rings. The summed E-state index contributed by atoms with van der Waals surface area (Å²) in [5.74, 6) is 2.23. The summed E-state index contributed by atoms with van der Waals surface area (Å²) in [6.45, 7) is 3.24. The number of aryl methyl sites for hydroxylation is 2. The minimum Gasteiger partial charge on any atom is -0.486 e. The van der Waals surface area contributed by atoms with E-state index < -0.39 is 0 Å². The molecule has 1 atom stereocenters. The van der Waals surface area contributed by atoms with E-state index in [9.17, 15) is 4.79 Å². The van der Waals surface area contributed by atoms with E-state index in [4.69, 9.17) is 9.47 Å². The van der Waals surface area contributed by atoms with Crippen LogP contribution in [-0.4, -0.2) is 28.7 Å². The quantitative estimate of drug-likeness (QED) is 0.761. The molecule has 1 amide bonds. The lowest BCUT2D eigenvalue weighted by atomic mass is 9.88. The SMILES string of the molecule is Cc1nc2cc3c(cc2n1CC(=O)NC1CCCc2ccccc21)OCCO3. The van der Waals surface area contributed by atoms with Crippen LogP contribution in [0.2, 0.25) is 0 Å². The number of fused-ring (bicyclic) bond motifs is 3. The van der Waals surface area contributed by atoms with Crippen LogP contribution >= 0.6 is 0 Å². The molecule has 1 aliphatic carbocycles. The van der Waals surface area contributed by atoms with E-state index in [1.165, 1.54) is 11.1 Å². The first-order chi connectivity index (χ1) is 13.7. The lowest BCUT2D eigenvalue weighted by molar-refractivity contribution is -0.122. The van der Waals surface area contributed by atoms with Crippen molar-refractivity contribution >= 4 is 16.9 Å². The minimum absolute atomic E-state index is 0.000933. The Bertz CT molecular complexity index is 1060. The smallest absolute Gasteiger partial charge is 0.240 e. The predicted octanol–water partition coefficient (Wildman–Crippen LogP) is 3.31. The third kappa shape index (κ3) is 2.99. The van der Waals surface area contributed by atoms with Crippen LogP contribution in [0.15, 0.2) is 36.4 Å². The van der Waals surface area contributed by atoms with Crippen molar-refractivity contribution in [3.8, 4) is 11.5 Å². The van der Waals surface area contributed by atoms with E-state index in [2.05, 4.69) is 28.5 Å². The zero-order valence-corrected chi connectivity index (χ0v) is 15.9. The maximum absolute atomic E-state index is 12.9. The van der Waals surface area contributed by atoms with Gasteiger partial charge in [0.1, 0.15) is 25.6 Å². The molecule has 1 aromatic heterocycles. The number of aromatic nitrogens is 2. The fraction of sp³-hybridized carbons (Fsp3) is 0.364. The topological polar surface area (TPSA) is 65.4 Å². The van der Waals surface area contributed by atoms with E-state index in [-0.39, 0.29) is 18.5 Å². The average Bonchev–Trinajstić information content (AvgIpc) is 3.01. The number of nitrogens with zero attached hydrogens (tertiary/aromatic N) is 2. The summed E-state index contributed by atoms with van der Waals surface area (Å²) in [6.07, 6.45) is 3.16. The maximum Gasteiger partial charge on any atom is 0.240 e. The Morgan fingerprint density at radius 1 is 1.21 bits per heavy atom. The molecule has 6 nitrogen and oxygen atoms in total. The molecule has 2 aromatic carbocycles. The van der Waals surface area contributed by atoms with Crippen molar-refractivity contribution in [2.45, 2.75) is 38.8 Å². The second-order valence-corrected chi connectivity index (χ2v) is 7.44. The van der Waals surface area contributed by atoms with E-state index in [0.29, 0.717) is 24.7 Å². The van der Waals surface area contributed by atoms with Gasteiger partial charge in [0.15, 0.2) is 11.5 Å². The summed E-state index contributed by atoms with van der Waals surface area (Å²) in [5.41, 5.74) is 4.29. The molecule has 3 aromatic rings. The molecule has 2 heterocycles. The summed E-state index contributed by atoms with van der Waals surface area (Å²) >= 11 is 0. The fourth-order valence-electron chi connectivity index (χ4n) is 4.27. The van der Waals surface area contributed by atoms with Crippen molar-refractivity contribution in [2.75, 3.05) is 13.2 Å². The van der Waals surface area contributed by atoms with E-state index >= 15 is 0 Å². The van der Waals surface area contributed by atoms with Crippen molar-refractivity contribution < 1.29 is 14.3 Å². The molecule has 1 unspecified atom stereocenters. The van der Waals surface area contributed by atoms with Gasteiger partial charge in [-0.2, -0.15) is 0 Å². The standard InChI is InChI=1S/C22H23N3O3/c1-14-23-18-11-20-21(28-10-9-27-20)12-19(18)25(14)13-22(26)24-17-8-4-6-15-5-2-3-7-16(15)17/h2-3,5,7,11-12,17H,4,6,8-10,13H2,1H3,(H,24,26). The van der Waals surface area contributed by atoms with Crippen LogP contribution in [0.1, 0.15) is 35.8 Å². The van der Waals surface area contributed by atoms with E-state index in [1.54, 1.807) is 0 Å². The van der Waals surface area contributed by atoms with Gasteiger partial charge in [-0.1, -0.05) is 24.3 Å². The van der Waals surface area contributed by atoms with Crippen molar-refractivity contribution in [2.24, 2.45) is 0 Å². The molecule has 28 heavy (non-hydrogen) atoms. The van der Waals surface area contributed by atoms with Gasteiger partial charge in [-0.15, -0.1) is 0 Å². The summed E-state index contributed by atoms with van der Waals surface area (Å²) in [7, 11) is 0. The normalized spacial score (nSPS) is 18.0. The van der Waals surface area contributed by atoms with Gasteiger partial charge in [0.05, 0.1) is 17.1 Å². The number of ether oxygens (including phenoxy) is 2. The minimum atomic E-state index is -0.000933. The molecule has 6 heteroatoms. The number of carbonyl (C=O) groups is 1. The Balaban J connectivity index is 1.40. The molecular weight excluding hydrogens is 354 g/mol. The van der Waals surface area contributed by atoms with Gasteiger partial charge in [-0.05, 0) is 37.3 Å². The number of amides is 1. The molecule has 5 rings (SSSR count). The van der Waals surface area contributed by atoms with Crippen LogP contribution in [0, 0.1) is 6.92 Å². The Labute approximate surface area is 163 Å². The summed E-state index contributed by atoms with van der Waals surface area (Å²) < 4.78 is 13.3. The van der Waals surface area contributed by atoms with Crippen molar-refractivity contribution in [1.29, 1.82) is 0 Å². The zero-order chi connectivity index (χ0) is 19.1. The van der Waals surface area contributed by atoms with Crippen LogP contribution in [0.4, 0.5) is 0 Å². The lowest BCUT2D eigenvalue weighted by Gasteiger charge is -2.26. The number of rotatable bonds is 3. The molecule has 0 spiro atoms. The van der Waals surface area contributed by atoms with E-state index in [0.717, 1.165) is 36.1 Å². The Kier molecular flexibility index (Phi) is 4.19. The van der Waals surface area contributed by atoms with Crippen LogP contribution in [0.3, 0.4) is 0 Å². The van der Waals surface area contributed by atoms with Crippen molar-refractivity contribution in [1.82, 2.24) is 14.9 Å². The van der Waals surface area contributed by atoms with Gasteiger partial charge in [0.25, 0.3) is 0 Å². The van der Waals surface area contributed by atoms with Crippen LogP contribution in [0.5, 0.6) is 11.5 Å². The van der Waals surface area contributed by atoms with Crippen LogP contribution < -0.4 is 14.8 Å². The fourth-order valence-corrected chi connectivity index (χ4v) is 4.27. The largest absolute Gasteiger partial charge is 0.486 e. The first-order valence-electron chi connectivity index (χ1n) is 9.83. The van der Waals surface area contributed by atoms with Gasteiger partial charge < -0.3 is 19.4 Å². The number of imidazole rings is 1. The van der Waals surface area contributed by atoms with Crippen LogP contribution in [0.25, 0.3) is 11.0 Å². The van der Waals surface area contributed by atoms with Gasteiger partial charge >= 0.3 is 0 Å². The maximum atomic E-state index is 12.9. The van der Waals surface area contributed by atoms with E-state index in [1.807, 2.05) is 29.7 Å². The molecule has 2 aliphatic rings. The monoisotopic (exact) mass is 377 g/mol. The predicted molar refractivity (Wildman–Crippen MR) is 106 cm³/mol. The molecule has 1 N–H and O–H groups in total. The number of benzene rings is 2. The van der Waals surface area contributed by atoms with Gasteiger partial charge in [0, 0.05) is 12.1 Å². The van der Waals surface area contributed by atoms with Gasteiger partial charge in [0.2, 0.25) is 5.91 Å². The third-order valence-electron chi connectivity index (χ3n) is 5.61. The first kappa shape index (κ1) is 17.1. The lowest BCUT2D eigenvalue weighted by Crippen LogP contribution is -2.33. The zero-order valence-electron chi connectivity index (χ0n) is 15.9. The summed E-state index contributed by atoms with van der Waals surface area (Å²) in [4.78, 5) is 17.5. The van der Waals surface area contributed by atoms with Crippen molar-refractivity contribution in [3.05, 3.63) is 53.3 Å². The Morgan fingerprint density at radius 2 is 2.00 bits per heavy atom. The second-order valence-electron chi connectivity index (χ2n) is 7.44. The average molecular weight is 377 g/mol. The molecule has 0 radical (unpaired) electrons.